The molecule has 5 aliphatic rings. The van der Waals surface area contributed by atoms with Gasteiger partial charge < -0.3 is 48.7 Å². The number of aromatic carboxylic acids is 1. The lowest BCUT2D eigenvalue weighted by atomic mass is 9.75. The third-order valence-corrected chi connectivity index (χ3v) is 20.7. The molecule has 4 N–H and O–H groups in total. The molecule has 5 saturated heterocycles. The summed E-state index contributed by atoms with van der Waals surface area (Å²) in [6.07, 6.45) is 6.34. The first-order chi connectivity index (χ1) is 50.9. The van der Waals surface area contributed by atoms with Crippen LogP contribution in [-0.4, -0.2) is 285 Å². The zero-order valence-electron chi connectivity index (χ0n) is 67.8. The topological polar surface area (TPSA) is 320 Å². The number of aryl methyl sites for hydroxylation is 10. The van der Waals surface area contributed by atoms with Crippen molar-refractivity contribution in [1.82, 2.24) is 83.3 Å². The Kier molecular flexibility index (Phi) is 36.4. The number of carbonyl (C=O) groups is 3. The summed E-state index contributed by atoms with van der Waals surface area (Å²) in [5.41, 5.74) is 11.1. The summed E-state index contributed by atoms with van der Waals surface area (Å²) < 4.78 is 44.6. The van der Waals surface area contributed by atoms with Gasteiger partial charge in [0.2, 0.25) is 0 Å². The number of ether oxygens (including phenoxy) is 4. The van der Waals surface area contributed by atoms with Crippen molar-refractivity contribution in [3.8, 4) is 0 Å². The Hall–Kier alpha value is -6.63. The van der Waals surface area contributed by atoms with Gasteiger partial charge >= 0.3 is 13.1 Å². The first kappa shape index (κ1) is 89.3. The number of aliphatic hydroxyl groups excluding tert-OH is 3. The molecule has 5 fully saturated rings. The summed E-state index contributed by atoms with van der Waals surface area (Å²) in [7, 11) is 13.7. The summed E-state index contributed by atoms with van der Waals surface area (Å²) in [6.45, 7) is 39.9. The number of aromatic nitrogens is 12. The van der Waals surface area contributed by atoms with Gasteiger partial charge in [0, 0.05) is 174 Å². The molecule has 600 valence electrons. The average Bonchev–Trinajstić information content (AvgIpc) is 1.60. The minimum absolute atomic E-state index is 0.115. The first-order valence-electron chi connectivity index (χ1n) is 38.3. The largest absolute Gasteiger partial charge is 0.498 e. The summed E-state index contributed by atoms with van der Waals surface area (Å²) in [5, 5.41) is 66.8. The highest BCUT2D eigenvalue weighted by atomic mass is 16.7. The number of hydrogen-bond acceptors (Lipinski definition) is 23. The van der Waals surface area contributed by atoms with Crippen molar-refractivity contribution in [2.75, 3.05) is 146 Å². The monoisotopic (exact) mass is 1500 g/mol. The van der Waals surface area contributed by atoms with Gasteiger partial charge in [-0.1, -0.05) is 41.5 Å². The second-order valence-electron chi connectivity index (χ2n) is 28.5. The number of ketones is 1. The lowest BCUT2D eigenvalue weighted by molar-refractivity contribution is -0.0760. The number of carboxylic acid groups (broad SMARTS) is 1. The highest BCUT2D eigenvalue weighted by Gasteiger charge is 2.54. The van der Waals surface area contributed by atoms with E-state index in [9.17, 15) is 29.7 Å². The maximum Gasteiger partial charge on any atom is 0.498 e. The molecule has 1 amide bonds. The Morgan fingerprint density at radius 1 is 0.486 bits per heavy atom. The van der Waals surface area contributed by atoms with E-state index < -0.39 is 42.6 Å². The standard InChI is InChI=1S/C19H34BN3O4.C14H25N3O2.C13H23N3O2.C13H21N3O2.C9H15N3O2.C7H10N2O2/c1-7-14-16(20-26-18(2,3)19(4,5)27-20)17(21-22(14)6)15(24)8-9-23-10-12-25-13-11-23;1-4-12-11(2)14(15-16(12)3)13(18)5-6-17-7-9-19-10-8-17;2*1-3-11-10-12(14-15(11)2)13(17)4-5-16-6-8-18-9-7-16;1-5-7-6-8(10-11(7)2)9(13)12(3)14-4;1-3-5-4-6(7(10)11)8-9(5)2/h15,24H,7-13H2,1-6H3;13,18H,4-10H2,1-3H3;10,13,17H,3-9H2,1-2H3;10H,3-9H2,1-2H3;6H,5H2,1-4H3;4H,3H2,1-2H3,(H,10,11)/t15-;2*13-;;;/m111.../s1. The Balaban J connectivity index is 0.000000205. The van der Waals surface area contributed by atoms with Crippen LogP contribution in [0.1, 0.15) is 202 Å². The van der Waals surface area contributed by atoms with Gasteiger partial charge in [-0.15, -0.1) is 0 Å². The van der Waals surface area contributed by atoms with E-state index in [1.165, 1.54) is 12.8 Å². The van der Waals surface area contributed by atoms with Crippen LogP contribution in [0.3, 0.4) is 0 Å². The van der Waals surface area contributed by atoms with Crippen molar-refractivity contribution in [1.29, 1.82) is 0 Å². The molecule has 0 aromatic carbocycles. The summed E-state index contributed by atoms with van der Waals surface area (Å²) in [4.78, 5) is 48.1. The van der Waals surface area contributed by atoms with Crippen molar-refractivity contribution >= 4 is 30.2 Å². The molecule has 0 radical (unpaired) electrons. The summed E-state index contributed by atoms with van der Waals surface area (Å²) in [5.74, 6) is -1.07. The maximum atomic E-state index is 12.0. The van der Waals surface area contributed by atoms with E-state index in [0.29, 0.717) is 29.9 Å². The van der Waals surface area contributed by atoms with E-state index in [1.807, 2.05) is 103 Å². The van der Waals surface area contributed by atoms with Crippen LogP contribution in [-0.2, 0) is 114 Å². The third-order valence-electron chi connectivity index (χ3n) is 20.7. The Bertz CT molecular complexity index is 3630. The van der Waals surface area contributed by atoms with Crippen molar-refractivity contribution in [3.63, 3.8) is 0 Å². The van der Waals surface area contributed by atoms with Crippen molar-refractivity contribution in [2.45, 2.75) is 170 Å². The van der Waals surface area contributed by atoms with Gasteiger partial charge in [0.1, 0.15) is 5.69 Å². The lowest BCUT2D eigenvalue weighted by Gasteiger charge is -2.32. The van der Waals surface area contributed by atoms with E-state index >= 15 is 0 Å². The first-order valence-corrected chi connectivity index (χ1v) is 38.3. The molecule has 107 heavy (non-hydrogen) atoms. The van der Waals surface area contributed by atoms with Gasteiger partial charge in [0.05, 0.1) is 107 Å². The quantitative estimate of drug-likeness (QED) is 0.0315. The molecule has 3 atom stereocenters. The Labute approximate surface area is 634 Å². The maximum absolute atomic E-state index is 12.0. The summed E-state index contributed by atoms with van der Waals surface area (Å²) in [6, 6.07) is 7.27. The normalized spacial score (nSPS) is 17.8. The number of carboxylic acids is 1. The predicted molar refractivity (Wildman–Crippen MR) is 409 cm³/mol. The number of Topliss-reactive ketones (excluding diaryl/α,β-unsaturated/α-hetero) is 1. The number of rotatable bonds is 26. The number of hydrogen-bond donors (Lipinski definition) is 4. The van der Waals surface area contributed by atoms with E-state index in [4.69, 9.17) is 38.2 Å². The molecule has 11 heterocycles. The SMILES string of the molecule is CCc1c(B2OC(C)(C)C(C)(C)O2)c([C@H](O)CCN2CCOCC2)nn1C.CCc1c(C)c([C@H](O)CCN2CCOCC2)nn1C.CCc1cc(C(=O)CCN2CCOCC2)nn1C.CCc1cc(C(=O)N(C)OC)nn1C.CCc1cc(C(=O)O)nn1C.CCc1cc([C@H](O)CCN2CCOCC2)nn1C. The zero-order chi connectivity index (χ0) is 78.7. The highest BCUT2D eigenvalue weighted by molar-refractivity contribution is 6.63. The van der Waals surface area contributed by atoms with Gasteiger partial charge in [-0.25, -0.2) is 9.86 Å². The fourth-order valence-electron chi connectivity index (χ4n) is 13.1. The van der Waals surface area contributed by atoms with Gasteiger partial charge in [-0.3, -0.25) is 62.1 Å². The highest BCUT2D eigenvalue weighted by Crippen LogP contribution is 2.38. The summed E-state index contributed by atoms with van der Waals surface area (Å²) >= 11 is 0. The number of aliphatic hydroxyl groups is 3. The predicted octanol–water partition coefficient (Wildman–Crippen LogP) is 5.01. The van der Waals surface area contributed by atoms with Crippen LogP contribution in [0.15, 0.2) is 24.3 Å². The molecule has 6 aromatic heterocycles. The minimum atomic E-state index is -0.972. The fourth-order valence-corrected chi connectivity index (χ4v) is 13.1. The van der Waals surface area contributed by atoms with Crippen LogP contribution < -0.4 is 5.46 Å². The minimum Gasteiger partial charge on any atom is -0.476 e. The zero-order valence-corrected chi connectivity index (χ0v) is 67.8. The molecule has 32 heteroatoms. The number of nitrogens with zero attached hydrogens (tertiary/aromatic N) is 17. The average molecular weight is 1500 g/mol. The van der Waals surface area contributed by atoms with Crippen LogP contribution in [0, 0.1) is 6.92 Å². The second kappa shape index (κ2) is 43.7. The molecule has 0 bridgehead atoms. The smallest absolute Gasteiger partial charge is 0.476 e. The third kappa shape index (κ3) is 26.0. The number of amides is 1. The molecule has 31 nitrogen and oxygen atoms in total. The van der Waals surface area contributed by atoms with Crippen LogP contribution in [0.2, 0.25) is 0 Å². The molecule has 11 rings (SSSR count). The van der Waals surface area contributed by atoms with Gasteiger partial charge in [-0.05, 0) is 122 Å². The number of hydroxylamine groups is 2. The van der Waals surface area contributed by atoms with Crippen LogP contribution in [0.25, 0.3) is 0 Å². The van der Waals surface area contributed by atoms with Gasteiger partial charge in [-0.2, -0.15) is 30.6 Å². The lowest BCUT2D eigenvalue weighted by Crippen LogP contribution is -2.41. The second-order valence-corrected chi connectivity index (χ2v) is 28.5. The molecule has 0 unspecified atom stereocenters. The molecule has 6 aromatic rings. The number of morpholine rings is 4. The van der Waals surface area contributed by atoms with Crippen molar-refractivity contribution in [2.24, 2.45) is 42.3 Å². The number of carbonyl (C=O) groups excluding carboxylic acids is 2. The molecule has 5 aliphatic heterocycles. The van der Waals surface area contributed by atoms with Crippen LogP contribution >= 0.6 is 0 Å². The van der Waals surface area contributed by atoms with E-state index in [1.54, 1.807) is 40.3 Å². The Morgan fingerprint density at radius 2 is 0.841 bits per heavy atom. The molecular formula is C75H128BN17O14. The van der Waals surface area contributed by atoms with Crippen molar-refractivity contribution < 1.29 is 67.9 Å². The van der Waals surface area contributed by atoms with Gasteiger partial charge in [0.25, 0.3) is 5.91 Å². The van der Waals surface area contributed by atoms with E-state index in [2.05, 4.69) is 84.8 Å². The Morgan fingerprint density at radius 3 is 1.22 bits per heavy atom. The van der Waals surface area contributed by atoms with Gasteiger partial charge in [0.15, 0.2) is 17.2 Å². The van der Waals surface area contributed by atoms with Crippen LogP contribution in [0.5, 0.6) is 0 Å². The van der Waals surface area contributed by atoms with E-state index in [0.717, 1.165) is 239 Å². The molecule has 0 spiro atoms. The van der Waals surface area contributed by atoms with E-state index in [-0.39, 0.29) is 17.4 Å². The molecule has 0 saturated carbocycles. The fraction of sp³-hybridized carbons (Fsp3) is 0.720. The molecule has 0 aliphatic carbocycles. The van der Waals surface area contributed by atoms with Crippen molar-refractivity contribution in [3.05, 3.63) is 98.2 Å². The van der Waals surface area contributed by atoms with Crippen LogP contribution in [0.4, 0.5) is 0 Å². The molecular weight excluding hydrogens is 1370 g/mol.